The van der Waals surface area contributed by atoms with Crippen molar-refractivity contribution in [1.29, 1.82) is 0 Å². The van der Waals surface area contributed by atoms with Crippen LogP contribution in [0.5, 0.6) is 0 Å². The number of hydrogen-bond donors (Lipinski definition) is 1. The van der Waals surface area contributed by atoms with Crippen molar-refractivity contribution in [3.8, 4) is 5.69 Å². The van der Waals surface area contributed by atoms with Gasteiger partial charge in [-0.3, -0.25) is 4.79 Å². The SMILES string of the molecule is Cc1cc(F)ccc1NC(=O)c1c(C)nn(-c2ccc(F)cc2)c1C. The fourth-order valence-corrected chi connectivity index (χ4v) is 2.76. The molecule has 0 spiro atoms. The number of halogens is 2. The van der Waals surface area contributed by atoms with E-state index >= 15 is 0 Å². The number of amides is 1. The highest BCUT2D eigenvalue weighted by atomic mass is 19.1. The van der Waals surface area contributed by atoms with Gasteiger partial charge in [-0.25, -0.2) is 13.5 Å². The van der Waals surface area contributed by atoms with Gasteiger partial charge in [0.15, 0.2) is 0 Å². The van der Waals surface area contributed by atoms with E-state index in [9.17, 15) is 13.6 Å². The van der Waals surface area contributed by atoms with Crippen LogP contribution in [0.1, 0.15) is 27.3 Å². The third kappa shape index (κ3) is 3.28. The van der Waals surface area contributed by atoms with E-state index in [2.05, 4.69) is 10.4 Å². The maximum absolute atomic E-state index is 13.2. The zero-order valence-electron chi connectivity index (χ0n) is 14.1. The fraction of sp³-hybridized carbons (Fsp3) is 0.158. The summed E-state index contributed by atoms with van der Waals surface area (Å²) in [5.41, 5.74) is 3.47. The molecule has 3 rings (SSSR count). The van der Waals surface area contributed by atoms with Gasteiger partial charge < -0.3 is 5.32 Å². The largest absolute Gasteiger partial charge is 0.322 e. The zero-order valence-corrected chi connectivity index (χ0v) is 14.1. The number of benzene rings is 2. The highest BCUT2D eigenvalue weighted by Gasteiger charge is 2.20. The molecule has 25 heavy (non-hydrogen) atoms. The second-order valence-electron chi connectivity index (χ2n) is 5.85. The molecule has 1 aromatic heterocycles. The normalized spacial score (nSPS) is 10.8. The summed E-state index contributed by atoms with van der Waals surface area (Å²) in [4.78, 5) is 12.7. The van der Waals surface area contributed by atoms with E-state index in [1.165, 1.54) is 30.3 Å². The predicted molar refractivity (Wildman–Crippen MR) is 92.1 cm³/mol. The number of nitrogens with zero attached hydrogens (tertiary/aromatic N) is 2. The Morgan fingerprint density at radius 1 is 1.00 bits per heavy atom. The minimum Gasteiger partial charge on any atom is -0.322 e. The lowest BCUT2D eigenvalue weighted by Crippen LogP contribution is -2.15. The van der Waals surface area contributed by atoms with Gasteiger partial charge in [-0.2, -0.15) is 5.10 Å². The molecule has 0 aliphatic heterocycles. The Bertz CT molecular complexity index is 946. The Morgan fingerprint density at radius 2 is 1.64 bits per heavy atom. The first kappa shape index (κ1) is 16.8. The van der Waals surface area contributed by atoms with Crippen LogP contribution in [0.15, 0.2) is 42.5 Å². The Balaban J connectivity index is 1.94. The first-order valence-electron chi connectivity index (χ1n) is 7.76. The lowest BCUT2D eigenvalue weighted by Gasteiger charge is -2.09. The third-order valence-electron chi connectivity index (χ3n) is 4.03. The Kier molecular flexibility index (Phi) is 4.35. The molecule has 1 amide bonds. The van der Waals surface area contributed by atoms with Crippen molar-refractivity contribution < 1.29 is 13.6 Å². The van der Waals surface area contributed by atoms with E-state index < -0.39 is 0 Å². The second-order valence-corrected chi connectivity index (χ2v) is 5.85. The van der Waals surface area contributed by atoms with E-state index in [1.54, 1.807) is 37.6 Å². The topological polar surface area (TPSA) is 46.9 Å². The number of aromatic nitrogens is 2. The monoisotopic (exact) mass is 341 g/mol. The van der Waals surface area contributed by atoms with E-state index in [-0.39, 0.29) is 17.5 Å². The first-order chi connectivity index (χ1) is 11.9. The summed E-state index contributed by atoms with van der Waals surface area (Å²) in [5.74, 6) is -1.01. The van der Waals surface area contributed by atoms with E-state index in [1.807, 2.05) is 0 Å². The Labute approximate surface area is 144 Å². The number of hydrogen-bond acceptors (Lipinski definition) is 2. The fourth-order valence-electron chi connectivity index (χ4n) is 2.76. The molecule has 6 heteroatoms. The van der Waals surface area contributed by atoms with Crippen molar-refractivity contribution in [2.75, 3.05) is 5.32 Å². The Morgan fingerprint density at radius 3 is 2.28 bits per heavy atom. The highest BCUT2D eigenvalue weighted by molar-refractivity contribution is 6.06. The van der Waals surface area contributed by atoms with E-state index in [0.29, 0.717) is 33.9 Å². The van der Waals surface area contributed by atoms with Crippen molar-refractivity contribution >= 4 is 11.6 Å². The number of nitrogens with one attached hydrogen (secondary N) is 1. The lowest BCUT2D eigenvalue weighted by atomic mass is 10.1. The maximum atomic E-state index is 13.2. The van der Waals surface area contributed by atoms with Crippen molar-refractivity contribution in [3.63, 3.8) is 0 Å². The number of carbonyl (C=O) groups is 1. The van der Waals surface area contributed by atoms with Crippen LogP contribution < -0.4 is 5.32 Å². The van der Waals surface area contributed by atoms with Crippen LogP contribution in [0.4, 0.5) is 14.5 Å². The van der Waals surface area contributed by atoms with Gasteiger partial charge >= 0.3 is 0 Å². The van der Waals surface area contributed by atoms with Crippen LogP contribution in [0.2, 0.25) is 0 Å². The van der Waals surface area contributed by atoms with Crippen LogP contribution in [0.3, 0.4) is 0 Å². The predicted octanol–water partition coefficient (Wildman–Crippen LogP) is 4.33. The molecule has 1 N–H and O–H groups in total. The first-order valence-corrected chi connectivity index (χ1v) is 7.76. The summed E-state index contributed by atoms with van der Waals surface area (Å²) in [5, 5.41) is 7.17. The summed E-state index contributed by atoms with van der Waals surface area (Å²) >= 11 is 0. The van der Waals surface area contributed by atoms with Crippen LogP contribution in [0.25, 0.3) is 5.69 Å². The molecule has 2 aromatic carbocycles. The van der Waals surface area contributed by atoms with Gasteiger partial charge in [-0.1, -0.05) is 0 Å². The Hall–Kier alpha value is -3.02. The summed E-state index contributed by atoms with van der Waals surface area (Å²) < 4.78 is 27.9. The van der Waals surface area contributed by atoms with Gasteiger partial charge in [0.25, 0.3) is 5.91 Å². The number of carbonyl (C=O) groups excluding carboxylic acids is 1. The molecule has 128 valence electrons. The van der Waals surface area contributed by atoms with Crippen molar-refractivity contribution in [3.05, 3.63) is 76.6 Å². The smallest absolute Gasteiger partial charge is 0.259 e. The third-order valence-corrected chi connectivity index (χ3v) is 4.03. The van der Waals surface area contributed by atoms with Crippen LogP contribution in [-0.2, 0) is 0 Å². The zero-order chi connectivity index (χ0) is 18.1. The van der Waals surface area contributed by atoms with Crippen molar-refractivity contribution in [2.45, 2.75) is 20.8 Å². The molecule has 0 radical (unpaired) electrons. The summed E-state index contributed by atoms with van der Waals surface area (Å²) in [6.45, 7) is 5.23. The highest BCUT2D eigenvalue weighted by Crippen LogP contribution is 2.21. The molecule has 0 bridgehead atoms. The van der Waals surface area contributed by atoms with Gasteiger partial charge in [-0.05, 0) is 68.8 Å². The van der Waals surface area contributed by atoms with E-state index in [4.69, 9.17) is 0 Å². The molecule has 0 aliphatic rings. The number of anilines is 1. The van der Waals surface area contributed by atoms with Crippen LogP contribution >= 0.6 is 0 Å². The minimum absolute atomic E-state index is 0.321. The second kappa shape index (κ2) is 6.47. The molecule has 0 aliphatic carbocycles. The molecule has 0 fully saturated rings. The number of aryl methyl sites for hydroxylation is 2. The van der Waals surface area contributed by atoms with Gasteiger partial charge in [0, 0.05) is 5.69 Å². The molecule has 0 unspecified atom stereocenters. The standard InChI is InChI=1S/C19H17F2N3O/c1-11-10-15(21)6-9-17(11)22-19(25)18-12(2)23-24(13(18)3)16-7-4-14(20)5-8-16/h4-10H,1-3H3,(H,22,25). The van der Waals surface area contributed by atoms with Crippen molar-refractivity contribution in [2.24, 2.45) is 0 Å². The van der Waals surface area contributed by atoms with Crippen LogP contribution in [-0.4, -0.2) is 15.7 Å². The molecule has 0 saturated heterocycles. The van der Waals surface area contributed by atoms with Gasteiger partial charge in [0.05, 0.1) is 22.6 Å². The number of rotatable bonds is 3. The molecule has 1 heterocycles. The molecule has 4 nitrogen and oxygen atoms in total. The van der Waals surface area contributed by atoms with Crippen LogP contribution in [0, 0.1) is 32.4 Å². The van der Waals surface area contributed by atoms with Crippen molar-refractivity contribution in [1.82, 2.24) is 9.78 Å². The lowest BCUT2D eigenvalue weighted by molar-refractivity contribution is 0.102. The maximum Gasteiger partial charge on any atom is 0.259 e. The van der Waals surface area contributed by atoms with Gasteiger partial charge in [0.2, 0.25) is 0 Å². The average Bonchev–Trinajstić information content (AvgIpc) is 2.85. The molecule has 0 saturated carbocycles. The molecule has 0 atom stereocenters. The summed E-state index contributed by atoms with van der Waals surface area (Å²) in [7, 11) is 0. The summed E-state index contributed by atoms with van der Waals surface area (Å²) in [6.07, 6.45) is 0. The van der Waals surface area contributed by atoms with E-state index in [0.717, 1.165) is 0 Å². The molecule has 3 aromatic rings. The minimum atomic E-state index is -0.355. The summed E-state index contributed by atoms with van der Waals surface area (Å²) in [6, 6.07) is 10.1. The van der Waals surface area contributed by atoms with Gasteiger partial charge in [-0.15, -0.1) is 0 Å². The quantitative estimate of drug-likeness (QED) is 0.771. The molecular weight excluding hydrogens is 324 g/mol. The molecular formula is C19H17F2N3O. The van der Waals surface area contributed by atoms with Gasteiger partial charge in [0.1, 0.15) is 11.6 Å². The average molecular weight is 341 g/mol.